The first kappa shape index (κ1) is 12.4. The fraction of sp³-hybridized carbons (Fsp3) is 0.500. The molecule has 0 atom stereocenters. The van der Waals surface area contributed by atoms with Crippen LogP contribution in [0, 0.1) is 5.92 Å². The number of rotatable bonds is 4. The maximum atomic E-state index is 11.9. The number of hydrogen-bond donors (Lipinski definition) is 2. The molecule has 1 saturated carbocycles. The lowest BCUT2D eigenvalue weighted by Crippen LogP contribution is -2.28. The van der Waals surface area contributed by atoms with Crippen molar-refractivity contribution in [3.63, 3.8) is 0 Å². The third-order valence-electron chi connectivity index (χ3n) is 3.19. The van der Waals surface area contributed by atoms with E-state index in [2.05, 4.69) is 4.72 Å². The number of hydrogen-bond acceptors (Lipinski definition) is 3. The van der Waals surface area contributed by atoms with Gasteiger partial charge in [-0.25, -0.2) is 13.1 Å². The van der Waals surface area contributed by atoms with Crippen molar-refractivity contribution in [2.75, 3.05) is 6.54 Å². The molecule has 0 saturated heterocycles. The van der Waals surface area contributed by atoms with Gasteiger partial charge in [-0.3, -0.25) is 0 Å². The highest BCUT2D eigenvalue weighted by Crippen LogP contribution is 2.25. The van der Waals surface area contributed by atoms with Gasteiger partial charge < -0.3 is 5.11 Å². The zero-order valence-electron chi connectivity index (χ0n) is 9.59. The monoisotopic (exact) mass is 255 g/mol. The Hall–Kier alpha value is -1.07. The van der Waals surface area contributed by atoms with Gasteiger partial charge in [0.05, 0.1) is 0 Å². The zero-order chi connectivity index (χ0) is 12.3. The topological polar surface area (TPSA) is 66.4 Å². The Kier molecular flexibility index (Phi) is 3.69. The van der Waals surface area contributed by atoms with E-state index in [1.807, 2.05) is 0 Å². The number of phenolic OH excluding ortho intramolecular Hbond substituents is 1. The zero-order valence-corrected chi connectivity index (χ0v) is 10.4. The van der Waals surface area contributed by atoms with E-state index in [0.717, 1.165) is 12.8 Å². The lowest BCUT2D eigenvalue weighted by Gasteiger charge is -2.11. The van der Waals surface area contributed by atoms with Gasteiger partial charge >= 0.3 is 0 Å². The molecule has 0 amide bonds. The quantitative estimate of drug-likeness (QED) is 0.863. The molecule has 0 unspecified atom stereocenters. The van der Waals surface area contributed by atoms with Crippen LogP contribution in [-0.4, -0.2) is 20.1 Å². The van der Waals surface area contributed by atoms with Gasteiger partial charge in [0, 0.05) is 6.54 Å². The molecule has 1 fully saturated rings. The number of phenols is 1. The van der Waals surface area contributed by atoms with Crippen LogP contribution in [0.25, 0.3) is 0 Å². The SMILES string of the molecule is O=S(=O)(NCC1CCCC1)c1ccccc1O. The van der Waals surface area contributed by atoms with Gasteiger partial charge in [0.25, 0.3) is 0 Å². The molecule has 1 aromatic carbocycles. The molecule has 1 aliphatic carbocycles. The molecular weight excluding hydrogens is 238 g/mol. The highest BCUT2D eigenvalue weighted by molar-refractivity contribution is 7.89. The summed E-state index contributed by atoms with van der Waals surface area (Å²) in [5.41, 5.74) is 0. The van der Waals surface area contributed by atoms with Gasteiger partial charge in [-0.15, -0.1) is 0 Å². The molecular formula is C12H17NO3S. The summed E-state index contributed by atoms with van der Waals surface area (Å²) in [5.74, 6) is 0.238. The van der Waals surface area contributed by atoms with E-state index in [9.17, 15) is 13.5 Å². The molecule has 0 heterocycles. The number of para-hydroxylation sites is 1. The molecule has 0 aromatic heterocycles. The smallest absolute Gasteiger partial charge is 0.244 e. The van der Waals surface area contributed by atoms with Crippen LogP contribution in [0.3, 0.4) is 0 Å². The molecule has 2 N–H and O–H groups in total. The van der Waals surface area contributed by atoms with Crippen molar-refractivity contribution in [2.24, 2.45) is 5.92 Å². The first-order valence-electron chi connectivity index (χ1n) is 5.87. The average molecular weight is 255 g/mol. The molecule has 5 heteroatoms. The summed E-state index contributed by atoms with van der Waals surface area (Å²) >= 11 is 0. The maximum Gasteiger partial charge on any atom is 0.244 e. The minimum atomic E-state index is -3.58. The van der Waals surface area contributed by atoms with Gasteiger partial charge in [0.15, 0.2) is 0 Å². The Labute approximate surface area is 102 Å². The number of nitrogens with one attached hydrogen (secondary N) is 1. The Morgan fingerprint density at radius 3 is 2.53 bits per heavy atom. The van der Waals surface area contributed by atoms with E-state index in [4.69, 9.17) is 0 Å². The molecule has 0 spiro atoms. The fourth-order valence-electron chi connectivity index (χ4n) is 2.20. The average Bonchev–Trinajstić information content (AvgIpc) is 2.80. The van der Waals surface area contributed by atoms with Gasteiger partial charge in [-0.1, -0.05) is 25.0 Å². The third-order valence-corrected chi connectivity index (χ3v) is 4.66. The van der Waals surface area contributed by atoms with E-state index in [1.165, 1.54) is 25.0 Å². The Morgan fingerprint density at radius 1 is 1.24 bits per heavy atom. The summed E-state index contributed by atoms with van der Waals surface area (Å²) < 4.78 is 26.4. The minimum absolute atomic E-state index is 0.0435. The maximum absolute atomic E-state index is 11.9. The molecule has 94 valence electrons. The second-order valence-electron chi connectivity index (χ2n) is 4.47. The lowest BCUT2D eigenvalue weighted by molar-refractivity contribution is 0.456. The van der Waals surface area contributed by atoms with Crippen LogP contribution < -0.4 is 4.72 Å². The normalized spacial score (nSPS) is 17.4. The molecule has 0 bridgehead atoms. The summed E-state index contributed by atoms with van der Waals surface area (Å²) in [4.78, 5) is -0.0435. The van der Waals surface area contributed by atoms with Crippen molar-refractivity contribution < 1.29 is 13.5 Å². The third kappa shape index (κ3) is 2.98. The highest BCUT2D eigenvalue weighted by atomic mass is 32.2. The summed E-state index contributed by atoms with van der Waals surface area (Å²) in [6, 6.07) is 5.99. The van der Waals surface area contributed by atoms with Crippen molar-refractivity contribution in [1.82, 2.24) is 4.72 Å². The van der Waals surface area contributed by atoms with Crippen molar-refractivity contribution in [3.8, 4) is 5.75 Å². The van der Waals surface area contributed by atoms with E-state index in [1.54, 1.807) is 12.1 Å². The summed E-state index contributed by atoms with van der Waals surface area (Å²) in [6.07, 6.45) is 4.54. The van der Waals surface area contributed by atoms with Crippen LogP contribution >= 0.6 is 0 Å². The van der Waals surface area contributed by atoms with Crippen LogP contribution in [0.4, 0.5) is 0 Å². The van der Waals surface area contributed by atoms with Gasteiger partial charge in [0.1, 0.15) is 10.6 Å². The Balaban J connectivity index is 2.06. The molecule has 17 heavy (non-hydrogen) atoms. The standard InChI is InChI=1S/C12H17NO3S/c14-11-7-3-4-8-12(11)17(15,16)13-9-10-5-1-2-6-10/h3-4,7-8,10,13-14H,1-2,5-6,9H2. The second-order valence-corrected chi connectivity index (χ2v) is 6.21. The van der Waals surface area contributed by atoms with Crippen LogP contribution in [0.15, 0.2) is 29.2 Å². The second kappa shape index (κ2) is 5.06. The molecule has 0 aliphatic heterocycles. The van der Waals surface area contributed by atoms with Gasteiger partial charge in [-0.05, 0) is 30.9 Å². The fourth-order valence-corrected chi connectivity index (χ4v) is 3.42. The lowest BCUT2D eigenvalue weighted by atomic mass is 10.1. The van der Waals surface area contributed by atoms with Crippen LogP contribution in [0.5, 0.6) is 5.75 Å². The minimum Gasteiger partial charge on any atom is -0.507 e. The highest BCUT2D eigenvalue weighted by Gasteiger charge is 2.21. The van der Waals surface area contributed by atoms with Crippen LogP contribution in [0.2, 0.25) is 0 Å². The molecule has 1 aromatic rings. The Bertz CT molecular complexity index is 478. The predicted molar refractivity (Wildman–Crippen MR) is 65.3 cm³/mol. The number of benzene rings is 1. The Morgan fingerprint density at radius 2 is 1.88 bits per heavy atom. The predicted octanol–water partition coefficient (Wildman–Crippen LogP) is 1.86. The van der Waals surface area contributed by atoms with E-state index >= 15 is 0 Å². The van der Waals surface area contributed by atoms with Gasteiger partial charge in [0.2, 0.25) is 10.0 Å². The molecule has 1 aliphatic rings. The summed E-state index contributed by atoms with van der Waals surface area (Å²) in [7, 11) is -3.58. The first-order valence-corrected chi connectivity index (χ1v) is 7.35. The molecule has 4 nitrogen and oxygen atoms in total. The van der Waals surface area contributed by atoms with E-state index < -0.39 is 10.0 Å². The van der Waals surface area contributed by atoms with Crippen LogP contribution in [-0.2, 0) is 10.0 Å². The molecule has 0 radical (unpaired) electrons. The van der Waals surface area contributed by atoms with Crippen molar-refractivity contribution in [1.29, 1.82) is 0 Å². The van der Waals surface area contributed by atoms with Crippen LogP contribution in [0.1, 0.15) is 25.7 Å². The molecule has 2 rings (SSSR count). The van der Waals surface area contributed by atoms with E-state index in [0.29, 0.717) is 12.5 Å². The summed E-state index contributed by atoms with van der Waals surface area (Å²) in [5, 5.41) is 9.52. The largest absolute Gasteiger partial charge is 0.507 e. The van der Waals surface area contributed by atoms with Crippen molar-refractivity contribution >= 4 is 10.0 Å². The van der Waals surface area contributed by atoms with E-state index in [-0.39, 0.29) is 10.6 Å². The van der Waals surface area contributed by atoms with Crippen molar-refractivity contribution in [2.45, 2.75) is 30.6 Å². The number of sulfonamides is 1. The first-order chi connectivity index (χ1) is 8.09. The van der Waals surface area contributed by atoms with Gasteiger partial charge in [-0.2, -0.15) is 0 Å². The summed E-state index contributed by atoms with van der Waals surface area (Å²) in [6.45, 7) is 0.469. The van der Waals surface area contributed by atoms with Crippen molar-refractivity contribution in [3.05, 3.63) is 24.3 Å². The number of aromatic hydroxyl groups is 1.